The first kappa shape index (κ1) is 18.2. The molecule has 0 aliphatic carbocycles. The molecule has 26 heavy (non-hydrogen) atoms. The molecule has 1 atom stereocenters. The largest absolute Gasteiger partial charge is 0.399 e. The zero-order chi connectivity index (χ0) is 18.4. The zero-order valence-corrected chi connectivity index (χ0v) is 15.6. The molecule has 0 bridgehead atoms. The molecule has 0 fully saturated rings. The van der Waals surface area contributed by atoms with Gasteiger partial charge in [0.1, 0.15) is 5.82 Å². The lowest BCUT2D eigenvalue weighted by Gasteiger charge is -2.25. The highest BCUT2D eigenvalue weighted by Gasteiger charge is 2.17. The van der Waals surface area contributed by atoms with Gasteiger partial charge in [-0.2, -0.15) is 5.10 Å². The van der Waals surface area contributed by atoms with Gasteiger partial charge in [-0.15, -0.1) is 11.8 Å². The average molecular weight is 373 g/mol. The number of hydrogen-bond acceptors (Lipinski definition) is 8. The number of methoxy groups -OCH3 is 1. The summed E-state index contributed by atoms with van der Waals surface area (Å²) in [6.45, 7) is 1.33. The van der Waals surface area contributed by atoms with Crippen molar-refractivity contribution in [2.75, 3.05) is 36.3 Å². The first-order valence-electron chi connectivity index (χ1n) is 8.16. The van der Waals surface area contributed by atoms with E-state index in [0.717, 1.165) is 22.1 Å². The number of aliphatic imine (C=N–C) groups is 1. The van der Waals surface area contributed by atoms with E-state index in [1.165, 1.54) is 0 Å². The summed E-state index contributed by atoms with van der Waals surface area (Å²) in [5.74, 6) is 0.877. The van der Waals surface area contributed by atoms with Crippen molar-refractivity contribution in [1.29, 1.82) is 0 Å². The molecule has 8 nitrogen and oxygen atoms in total. The Morgan fingerprint density at radius 1 is 1.38 bits per heavy atom. The SMILES string of the molecule is COCCn1cc(NC2N=CC(SC)=C(Nc3cccc(N)c3)N2)cn1. The number of anilines is 3. The molecule has 1 aliphatic heterocycles. The van der Waals surface area contributed by atoms with Crippen molar-refractivity contribution in [1.82, 2.24) is 15.1 Å². The monoisotopic (exact) mass is 373 g/mol. The fourth-order valence-corrected chi connectivity index (χ4v) is 2.92. The number of ether oxygens (including phenoxy) is 1. The number of hydrogen-bond donors (Lipinski definition) is 4. The van der Waals surface area contributed by atoms with Crippen LogP contribution in [0.5, 0.6) is 0 Å². The lowest BCUT2D eigenvalue weighted by Crippen LogP contribution is -2.39. The third-order valence-corrected chi connectivity index (χ3v) is 4.45. The summed E-state index contributed by atoms with van der Waals surface area (Å²) in [4.78, 5) is 5.52. The van der Waals surface area contributed by atoms with Crippen LogP contribution in [-0.4, -0.2) is 42.3 Å². The Morgan fingerprint density at radius 3 is 3.04 bits per heavy atom. The molecule has 9 heteroatoms. The van der Waals surface area contributed by atoms with E-state index in [-0.39, 0.29) is 6.29 Å². The summed E-state index contributed by atoms with van der Waals surface area (Å²) in [6.07, 6.45) is 7.26. The summed E-state index contributed by atoms with van der Waals surface area (Å²) in [7, 11) is 1.67. The minimum absolute atomic E-state index is 0.297. The molecule has 2 heterocycles. The smallest absolute Gasteiger partial charge is 0.195 e. The topological polar surface area (TPSA) is 102 Å². The van der Waals surface area contributed by atoms with Gasteiger partial charge in [0, 0.05) is 30.9 Å². The molecule has 0 saturated heterocycles. The van der Waals surface area contributed by atoms with Crippen molar-refractivity contribution >= 4 is 35.0 Å². The van der Waals surface area contributed by atoms with Crippen LogP contribution in [0.1, 0.15) is 0 Å². The van der Waals surface area contributed by atoms with E-state index in [2.05, 4.69) is 26.0 Å². The van der Waals surface area contributed by atoms with Crippen molar-refractivity contribution in [2.24, 2.45) is 4.99 Å². The maximum absolute atomic E-state index is 5.86. The lowest BCUT2D eigenvalue weighted by molar-refractivity contribution is 0.183. The number of nitrogens with one attached hydrogen (secondary N) is 3. The Hall–Kier alpha value is -2.65. The van der Waals surface area contributed by atoms with Crippen LogP contribution in [0.3, 0.4) is 0 Å². The molecule has 0 radical (unpaired) electrons. The van der Waals surface area contributed by atoms with Crippen LogP contribution in [0.4, 0.5) is 17.1 Å². The Labute approximate surface area is 156 Å². The highest BCUT2D eigenvalue weighted by Crippen LogP contribution is 2.21. The molecule has 138 valence electrons. The van der Waals surface area contributed by atoms with E-state index >= 15 is 0 Å². The van der Waals surface area contributed by atoms with Gasteiger partial charge in [-0.3, -0.25) is 4.68 Å². The average Bonchev–Trinajstić information content (AvgIpc) is 3.07. The van der Waals surface area contributed by atoms with Gasteiger partial charge in [0.25, 0.3) is 0 Å². The summed E-state index contributed by atoms with van der Waals surface area (Å²) in [5, 5.41) is 14.3. The van der Waals surface area contributed by atoms with Crippen LogP contribution in [0.25, 0.3) is 0 Å². The molecule has 0 spiro atoms. The van der Waals surface area contributed by atoms with E-state index in [9.17, 15) is 0 Å². The minimum Gasteiger partial charge on any atom is -0.399 e. The molecular formula is C17H23N7OS. The van der Waals surface area contributed by atoms with Gasteiger partial charge in [0.15, 0.2) is 6.29 Å². The van der Waals surface area contributed by atoms with Gasteiger partial charge in [0.2, 0.25) is 0 Å². The van der Waals surface area contributed by atoms with Gasteiger partial charge in [0.05, 0.1) is 29.9 Å². The number of aromatic nitrogens is 2. The van der Waals surface area contributed by atoms with Crippen molar-refractivity contribution in [3.05, 3.63) is 47.4 Å². The summed E-state index contributed by atoms with van der Waals surface area (Å²) in [6, 6.07) is 7.63. The van der Waals surface area contributed by atoms with Crippen LogP contribution in [0.2, 0.25) is 0 Å². The number of rotatable bonds is 8. The standard InChI is InChI=1S/C17H23N7OS/c1-25-7-6-24-11-14(9-20-24)22-17-19-10-15(26-2)16(23-17)21-13-5-3-4-12(18)8-13/h3-5,8-11,17,21-23H,6-7,18H2,1-2H3. The maximum Gasteiger partial charge on any atom is 0.195 e. The first-order valence-corrected chi connectivity index (χ1v) is 9.39. The van der Waals surface area contributed by atoms with Gasteiger partial charge in [-0.25, -0.2) is 4.99 Å². The van der Waals surface area contributed by atoms with Gasteiger partial charge in [-0.1, -0.05) is 6.07 Å². The van der Waals surface area contributed by atoms with E-state index in [1.807, 2.05) is 47.6 Å². The normalized spacial score (nSPS) is 16.5. The fourth-order valence-electron chi connectivity index (χ4n) is 2.44. The van der Waals surface area contributed by atoms with E-state index in [0.29, 0.717) is 18.8 Å². The molecule has 1 unspecified atom stereocenters. The second-order valence-electron chi connectivity index (χ2n) is 5.65. The molecule has 2 aromatic rings. The molecule has 1 aromatic heterocycles. The summed E-state index contributed by atoms with van der Waals surface area (Å²) in [5.41, 5.74) is 8.37. The highest BCUT2D eigenvalue weighted by molar-refractivity contribution is 8.03. The first-order chi connectivity index (χ1) is 12.7. The summed E-state index contributed by atoms with van der Waals surface area (Å²) >= 11 is 1.61. The molecule has 1 aliphatic rings. The third-order valence-electron chi connectivity index (χ3n) is 3.71. The number of nitrogens with two attached hydrogens (primary N) is 1. The maximum atomic E-state index is 5.86. The van der Waals surface area contributed by atoms with E-state index in [4.69, 9.17) is 10.5 Å². The fraction of sp³-hybridized carbons (Fsp3) is 0.294. The van der Waals surface area contributed by atoms with Crippen LogP contribution in [0, 0.1) is 0 Å². The Morgan fingerprint density at radius 2 is 2.27 bits per heavy atom. The van der Waals surface area contributed by atoms with Crippen LogP contribution in [0.15, 0.2) is 52.4 Å². The number of benzene rings is 1. The molecule has 5 N–H and O–H groups in total. The van der Waals surface area contributed by atoms with E-state index in [1.54, 1.807) is 25.1 Å². The van der Waals surface area contributed by atoms with Crippen molar-refractivity contribution < 1.29 is 4.74 Å². The predicted molar refractivity (Wildman–Crippen MR) is 108 cm³/mol. The van der Waals surface area contributed by atoms with Crippen molar-refractivity contribution in [3.63, 3.8) is 0 Å². The van der Waals surface area contributed by atoms with Crippen LogP contribution < -0.4 is 21.7 Å². The quantitative estimate of drug-likeness (QED) is 0.526. The van der Waals surface area contributed by atoms with Gasteiger partial charge in [-0.05, 0) is 24.5 Å². The molecule has 1 aromatic carbocycles. The lowest BCUT2D eigenvalue weighted by atomic mass is 10.3. The molecule has 3 rings (SSSR count). The zero-order valence-electron chi connectivity index (χ0n) is 14.8. The number of nitrogen functional groups attached to an aromatic ring is 1. The predicted octanol–water partition coefficient (Wildman–Crippen LogP) is 2.13. The Bertz CT molecular complexity index is 802. The molecular weight excluding hydrogens is 350 g/mol. The number of nitrogens with zero attached hydrogens (tertiary/aromatic N) is 3. The van der Waals surface area contributed by atoms with Crippen LogP contribution >= 0.6 is 11.8 Å². The number of allylic oxidation sites excluding steroid dienone is 1. The van der Waals surface area contributed by atoms with Crippen molar-refractivity contribution in [2.45, 2.75) is 12.8 Å². The molecule has 0 amide bonds. The van der Waals surface area contributed by atoms with Crippen LogP contribution in [-0.2, 0) is 11.3 Å². The highest BCUT2D eigenvalue weighted by atomic mass is 32.2. The Kier molecular flexibility index (Phi) is 6.03. The number of thioether (sulfide) groups is 1. The molecule has 0 saturated carbocycles. The van der Waals surface area contributed by atoms with E-state index < -0.39 is 0 Å². The Balaban J connectivity index is 1.66. The third kappa shape index (κ3) is 4.70. The van der Waals surface area contributed by atoms with Gasteiger partial charge >= 0.3 is 0 Å². The van der Waals surface area contributed by atoms with Gasteiger partial charge < -0.3 is 26.4 Å². The second kappa shape index (κ2) is 8.63. The summed E-state index contributed by atoms with van der Waals surface area (Å²) < 4.78 is 6.89. The second-order valence-corrected chi connectivity index (χ2v) is 6.50. The van der Waals surface area contributed by atoms with Crippen molar-refractivity contribution in [3.8, 4) is 0 Å². The minimum atomic E-state index is -0.297.